The first kappa shape index (κ1) is 45.5. The van der Waals surface area contributed by atoms with Crippen LogP contribution in [0.1, 0.15) is 235 Å². The molecule has 0 saturated heterocycles. The van der Waals surface area contributed by atoms with E-state index in [1.54, 1.807) is 46.0 Å². The van der Waals surface area contributed by atoms with Gasteiger partial charge in [-0.05, 0) is 0 Å². The minimum absolute atomic E-state index is 0.188. The number of hydrogen-bond acceptors (Lipinski definition) is 2. The Morgan fingerprint density at radius 2 is 0.727 bits per heavy atom. The minimum atomic E-state index is -2.29. The van der Waals surface area contributed by atoms with Crippen molar-refractivity contribution in [3.63, 3.8) is 0 Å². The fourth-order valence-corrected chi connectivity index (χ4v) is 18.2. The second-order valence-electron chi connectivity index (χ2n) is 19.4. The number of benzene rings is 1. The van der Waals surface area contributed by atoms with E-state index in [1.807, 2.05) is 0 Å². The van der Waals surface area contributed by atoms with Crippen molar-refractivity contribution in [1.29, 1.82) is 0 Å². The summed E-state index contributed by atoms with van der Waals surface area (Å²) in [5, 5.41) is 0. The zero-order valence-electron chi connectivity index (χ0n) is 37.4. The molecule has 0 unspecified atom stereocenters. The van der Waals surface area contributed by atoms with Crippen LogP contribution in [0, 0.1) is 6.92 Å². The van der Waals surface area contributed by atoms with Gasteiger partial charge in [0.1, 0.15) is 0 Å². The topological polar surface area (TPSA) is 0 Å². The quantitative estimate of drug-likeness (QED) is 0.0481. The Hall–Kier alpha value is -0.581. The zero-order valence-corrected chi connectivity index (χ0v) is 41.9. The van der Waals surface area contributed by atoms with Crippen LogP contribution in [0.3, 0.4) is 0 Å². The van der Waals surface area contributed by atoms with E-state index in [0.717, 1.165) is 0 Å². The average molecular weight is 892 g/mol. The second kappa shape index (κ2) is 22.1. The number of rotatable bonds is 29. The van der Waals surface area contributed by atoms with Crippen LogP contribution in [0.4, 0.5) is 0 Å². The Morgan fingerprint density at radius 3 is 1.09 bits per heavy atom. The molecule has 0 fully saturated rings. The molecule has 3 heteroatoms. The van der Waals surface area contributed by atoms with Gasteiger partial charge in [0.15, 0.2) is 0 Å². The van der Waals surface area contributed by atoms with Crippen molar-refractivity contribution in [1.82, 2.24) is 0 Å². The second-order valence-corrected chi connectivity index (χ2v) is 37.1. The van der Waals surface area contributed by atoms with Crippen LogP contribution in [0.2, 0.25) is 14.8 Å². The van der Waals surface area contributed by atoms with Gasteiger partial charge in [-0.2, -0.15) is 0 Å². The van der Waals surface area contributed by atoms with Crippen LogP contribution >= 0.6 is 22.7 Å². The van der Waals surface area contributed by atoms with Gasteiger partial charge < -0.3 is 0 Å². The summed E-state index contributed by atoms with van der Waals surface area (Å²) in [5.74, 6) is 0. The number of thiophene rings is 2. The van der Waals surface area contributed by atoms with Crippen molar-refractivity contribution in [2.24, 2.45) is 0 Å². The summed E-state index contributed by atoms with van der Waals surface area (Å²) in [6.07, 6.45) is 38.7. The molecular weight excluding hydrogens is 807 g/mol. The van der Waals surface area contributed by atoms with Crippen LogP contribution < -0.4 is 2.89 Å². The average Bonchev–Trinajstić information content (AvgIpc) is 3.90. The zero-order chi connectivity index (χ0) is 39.3. The molecule has 2 aliphatic carbocycles. The van der Waals surface area contributed by atoms with Gasteiger partial charge in [-0.1, -0.05) is 39.5 Å². The number of hydrogen-bond donors (Lipinski definition) is 0. The molecule has 5 rings (SSSR count). The van der Waals surface area contributed by atoms with Gasteiger partial charge in [0.25, 0.3) is 0 Å². The molecule has 0 aliphatic heterocycles. The Kier molecular flexibility index (Phi) is 18.3. The predicted molar refractivity (Wildman–Crippen MR) is 254 cm³/mol. The summed E-state index contributed by atoms with van der Waals surface area (Å²) in [7, 11) is 0. The summed E-state index contributed by atoms with van der Waals surface area (Å²) in [5.41, 5.74) is 10.7. The summed E-state index contributed by atoms with van der Waals surface area (Å²) in [6.45, 7) is 11.8. The van der Waals surface area contributed by atoms with E-state index in [4.69, 9.17) is 0 Å². The van der Waals surface area contributed by atoms with Gasteiger partial charge in [-0.15, -0.1) is 0 Å². The molecule has 2 aliphatic rings. The fourth-order valence-electron chi connectivity index (χ4n) is 10.6. The van der Waals surface area contributed by atoms with Gasteiger partial charge in [0.05, 0.1) is 0 Å². The van der Waals surface area contributed by atoms with Gasteiger partial charge in [-0.3, -0.25) is 0 Å². The van der Waals surface area contributed by atoms with E-state index in [0.29, 0.717) is 0 Å². The maximum absolute atomic E-state index is 2.88. The van der Waals surface area contributed by atoms with Gasteiger partial charge in [0, 0.05) is 0 Å². The van der Waals surface area contributed by atoms with Crippen molar-refractivity contribution in [3.8, 4) is 20.9 Å². The molecular formula is C52H84S2Sn. The number of unbranched alkanes of at least 4 members (excludes halogenated alkanes) is 20. The SMILES string of the molecule is CCCCCCCCC1(CCCCCCCC)c2cc3c(cc2-c2sc(C)cc21)C(CCCCCCCC)(CCCCCCCC)c1c[c]([Sn]([CH3])([CH3])[CH3])sc1-3. The summed E-state index contributed by atoms with van der Waals surface area (Å²) >= 11 is 2.10. The molecule has 0 atom stereocenters. The summed E-state index contributed by atoms with van der Waals surface area (Å²) < 4.78 is 1.81. The van der Waals surface area contributed by atoms with E-state index in [9.17, 15) is 0 Å². The molecule has 3 aromatic rings. The normalized spacial score (nSPS) is 15.1. The van der Waals surface area contributed by atoms with Crippen LogP contribution in [-0.4, -0.2) is 18.4 Å². The third kappa shape index (κ3) is 11.0. The number of aryl methyl sites for hydroxylation is 1. The van der Waals surface area contributed by atoms with Crippen molar-refractivity contribution < 1.29 is 0 Å². The Morgan fingerprint density at radius 1 is 0.400 bits per heavy atom. The van der Waals surface area contributed by atoms with Gasteiger partial charge in [-0.25, -0.2) is 0 Å². The van der Waals surface area contributed by atoms with Crippen molar-refractivity contribution in [2.45, 2.75) is 240 Å². The molecule has 0 spiro atoms. The van der Waals surface area contributed by atoms with Crippen molar-refractivity contribution >= 4 is 43.9 Å². The van der Waals surface area contributed by atoms with E-state index >= 15 is 0 Å². The summed E-state index contributed by atoms with van der Waals surface area (Å²) in [6, 6.07) is 11.2. The molecule has 0 N–H and O–H groups in total. The molecule has 2 heterocycles. The van der Waals surface area contributed by atoms with Crippen LogP contribution in [0.5, 0.6) is 0 Å². The molecule has 0 radical (unpaired) electrons. The van der Waals surface area contributed by atoms with Crippen molar-refractivity contribution in [2.75, 3.05) is 0 Å². The first-order valence-corrected chi connectivity index (χ1v) is 35.7. The fraction of sp³-hybridized carbons (Fsp3) is 0.731. The molecule has 2 aromatic heterocycles. The predicted octanol–water partition coefficient (Wildman–Crippen LogP) is 18.2. The van der Waals surface area contributed by atoms with Crippen molar-refractivity contribution in [3.05, 3.63) is 51.4 Å². The van der Waals surface area contributed by atoms with E-state index < -0.39 is 18.4 Å². The molecule has 0 bridgehead atoms. The monoisotopic (exact) mass is 893 g/mol. The van der Waals surface area contributed by atoms with Gasteiger partial charge in [0.2, 0.25) is 0 Å². The molecule has 0 saturated carbocycles. The third-order valence-electron chi connectivity index (χ3n) is 13.9. The Bertz CT molecular complexity index is 1550. The first-order chi connectivity index (χ1) is 26.7. The Labute approximate surface area is 353 Å². The Balaban J connectivity index is 1.60. The number of fused-ring (bicyclic) bond motifs is 6. The molecule has 308 valence electrons. The van der Waals surface area contributed by atoms with Gasteiger partial charge >= 0.3 is 317 Å². The maximum atomic E-state index is 2.88. The molecule has 55 heavy (non-hydrogen) atoms. The van der Waals surface area contributed by atoms with Crippen LogP contribution in [0.15, 0.2) is 24.3 Å². The third-order valence-corrected chi connectivity index (χ3v) is 25.5. The molecule has 1 aromatic carbocycles. The van der Waals surface area contributed by atoms with E-state index in [2.05, 4.69) is 96.4 Å². The standard InChI is InChI=1S/C49H75S2.3CH3.Sn/c1-6-10-14-18-22-26-31-48(32-27-23-19-15-11-7-2)42-30-35-50-46(42)40-37-44-41(38-43(40)48)47-45(36-39(5)51-47)49(44,33-28-24-20-16-12-8-3)34-29-25-21-17-13-9-4;;;;/h30,36-38H,6-29,31-34H2,1-5H3;3*1H3;. The molecule has 0 nitrogen and oxygen atoms in total. The summed E-state index contributed by atoms with van der Waals surface area (Å²) in [4.78, 5) is 12.9. The van der Waals surface area contributed by atoms with E-state index in [1.165, 1.54) is 185 Å². The van der Waals surface area contributed by atoms with Crippen LogP contribution in [0.25, 0.3) is 20.9 Å². The van der Waals surface area contributed by atoms with Crippen LogP contribution in [-0.2, 0) is 10.8 Å². The van der Waals surface area contributed by atoms with E-state index in [-0.39, 0.29) is 10.8 Å². The molecule has 0 amide bonds. The first-order valence-electron chi connectivity index (χ1n) is 24.1.